The molecule has 0 atom stereocenters. The summed E-state index contributed by atoms with van der Waals surface area (Å²) in [6.45, 7) is 6.34. The van der Waals surface area contributed by atoms with Crippen molar-refractivity contribution in [3.63, 3.8) is 0 Å². The first-order chi connectivity index (χ1) is 7.58. The fraction of sp³-hybridized carbons (Fsp3) is 0.600. The molecule has 0 aliphatic rings. The van der Waals surface area contributed by atoms with Crippen LogP contribution in [0.15, 0.2) is 6.07 Å². The Morgan fingerprint density at radius 1 is 1.24 bits per heavy atom. The molecule has 0 spiro atoms. The quantitative estimate of drug-likeness (QED) is 0.832. The zero-order valence-electron chi connectivity index (χ0n) is 9.69. The molecule has 96 valence electrons. The fourth-order valence-corrected chi connectivity index (χ4v) is 1.19. The molecule has 0 saturated carbocycles. The third-order valence-electron chi connectivity index (χ3n) is 1.79. The molecule has 0 unspecified atom stereocenters. The van der Waals surface area contributed by atoms with E-state index < -0.39 is 17.2 Å². The van der Waals surface area contributed by atoms with E-state index in [1.165, 1.54) is 0 Å². The minimum atomic E-state index is -4.52. The topological polar surface area (TPSA) is 37.8 Å². The normalized spacial score (nSPS) is 12.6. The van der Waals surface area contributed by atoms with E-state index in [4.69, 9.17) is 11.6 Å². The van der Waals surface area contributed by atoms with Crippen LogP contribution in [0.5, 0.6) is 0 Å². The summed E-state index contributed by atoms with van der Waals surface area (Å²) in [4.78, 5) is 6.83. The van der Waals surface area contributed by atoms with Crippen LogP contribution in [0.1, 0.15) is 26.5 Å². The maximum Gasteiger partial charge on any atom is 0.433 e. The number of halogens is 4. The Hall–Kier alpha value is -1.04. The fourth-order valence-electron chi connectivity index (χ4n) is 1.01. The van der Waals surface area contributed by atoms with Crippen LogP contribution in [0.25, 0.3) is 0 Å². The largest absolute Gasteiger partial charge is 0.433 e. The van der Waals surface area contributed by atoms with Gasteiger partial charge in [-0.1, -0.05) is 20.8 Å². The van der Waals surface area contributed by atoms with Gasteiger partial charge in [0.2, 0.25) is 5.28 Å². The molecule has 0 aliphatic heterocycles. The molecule has 1 aromatic heterocycles. The van der Waals surface area contributed by atoms with Crippen molar-refractivity contribution in [3.8, 4) is 0 Å². The standard InChI is InChI=1S/C10H13ClF3N3/c1-9(2,3)5-15-7-4-6(10(12,13)14)16-8(11)17-7/h4H,5H2,1-3H3,(H,15,16,17). The van der Waals surface area contributed by atoms with Gasteiger partial charge in [0.15, 0.2) is 5.69 Å². The maximum atomic E-state index is 12.4. The van der Waals surface area contributed by atoms with Gasteiger partial charge >= 0.3 is 6.18 Å². The van der Waals surface area contributed by atoms with Crippen molar-refractivity contribution >= 4 is 17.4 Å². The van der Waals surface area contributed by atoms with Gasteiger partial charge in [-0.3, -0.25) is 0 Å². The Morgan fingerprint density at radius 2 is 1.82 bits per heavy atom. The molecule has 0 radical (unpaired) electrons. The zero-order valence-corrected chi connectivity index (χ0v) is 10.4. The second-order valence-electron chi connectivity index (χ2n) is 4.82. The van der Waals surface area contributed by atoms with E-state index in [0.717, 1.165) is 6.07 Å². The lowest BCUT2D eigenvalue weighted by Gasteiger charge is -2.19. The first-order valence-electron chi connectivity index (χ1n) is 4.93. The van der Waals surface area contributed by atoms with E-state index in [1.54, 1.807) is 0 Å². The first-order valence-corrected chi connectivity index (χ1v) is 5.31. The van der Waals surface area contributed by atoms with E-state index >= 15 is 0 Å². The average Bonchev–Trinajstić information content (AvgIpc) is 2.11. The molecule has 17 heavy (non-hydrogen) atoms. The number of nitrogens with zero attached hydrogens (tertiary/aromatic N) is 2. The average molecular weight is 268 g/mol. The molecule has 3 nitrogen and oxygen atoms in total. The molecule has 1 aromatic rings. The first kappa shape index (κ1) is 14.0. The third kappa shape index (κ3) is 4.77. The van der Waals surface area contributed by atoms with Crippen molar-refractivity contribution < 1.29 is 13.2 Å². The van der Waals surface area contributed by atoms with Gasteiger partial charge in [-0.2, -0.15) is 13.2 Å². The highest BCUT2D eigenvalue weighted by atomic mass is 35.5. The van der Waals surface area contributed by atoms with Gasteiger partial charge in [0, 0.05) is 12.6 Å². The molecule has 0 aromatic carbocycles. The van der Waals surface area contributed by atoms with Gasteiger partial charge in [0.05, 0.1) is 0 Å². The molecule has 0 aliphatic carbocycles. The summed E-state index contributed by atoms with van der Waals surface area (Å²) < 4.78 is 37.3. The number of nitrogens with one attached hydrogen (secondary N) is 1. The van der Waals surface area contributed by atoms with Crippen LogP contribution in [0.3, 0.4) is 0 Å². The smallest absolute Gasteiger partial charge is 0.369 e. The molecular formula is C10H13ClF3N3. The Morgan fingerprint density at radius 3 is 2.29 bits per heavy atom. The van der Waals surface area contributed by atoms with Crippen molar-refractivity contribution in [2.24, 2.45) is 5.41 Å². The summed E-state index contributed by atoms with van der Waals surface area (Å²) in [7, 11) is 0. The maximum absolute atomic E-state index is 12.4. The Bertz CT molecular complexity index is 399. The molecule has 0 amide bonds. The molecular weight excluding hydrogens is 255 g/mol. The Balaban J connectivity index is 2.91. The second-order valence-corrected chi connectivity index (χ2v) is 5.16. The summed E-state index contributed by atoms with van der Waals surface area (Å²) in [5, 5.41) is 2.38. The van der Waals surface area contributed by atoms with Crippen LogP contribution >= 0.6 is 11.6 Å². The van der Waals surface area contributed by atoms with Crippen molar-refractivity contribution in [3.05, 3.63) is 17.0 Å². The monoisotopic (exact) mass is 267 g/mol. The molecule has 1 N–H and O–H groups in total. The van der Waals surface area contributed by atoms with Crippen LogP contribution in [0.4, 0.5) is 19.0 Å². The van der Waals surface area contributed by atoms with Crippen LogP contribution in [-0.2, 0) is 6.18 Å². The summed E-state index contributed by atoms with van der Waals surface area (Å²) in [6.07, 6.45) is -4.52. The minimum Gasteiger partial charge on any atom is -0.369 e. The van der Waals surface area contributed by atoms with Crippen molar-refractivity contribution in [1.29, 1.82) is 0 Å². The van der Waals surface area contributed by atoms with Crippen LogP contribution in [-0.4, -0.2) is 16.5 Å². The highest BCUT2D eigenvalue weighted by Gasteiger charge is 2.33. The van der Waals surface area contributed by atoms with Crippen molar-refractivity contribution in [2.45, 2.75) is 26.9 Å². The zero-order chi connectivity index (χ0) is 13.3. The van der Waals surface area contributed by atoms with E-state index in [1.807, 2.05) is 20.8 Å². The Labute approximate surface area is 102 Å². The van der Waals surface area contributed by atoms with Gasteiger partial charge in [-0.15, -0.1) is 0 Å². The number of rotatable bonds is 2. The molecule has 0 bridgehead atoms. The predicted molar refractivity (Wildman–Crippen MR) is 60.0 cm³/mol. The van der Waals surface area contributed by atoms with Gasteiger partial charge in [-0.05, 0) is 17.0 Å². The van der Waals surface area contributed by atoms with Gasteiger partial charge in [0.25, 0.3) is 0 Å². The number of hydrogen-bond acceptors (Lipinski definition) is 3. The van der Waals surface area contributed by atoms with Gasteiger partial charge in [0.1, 0.15) is 5.82 Å². The number of alkyl halides is 3. The third-order valence-corrected chi connectivity index (χ3v) is 1.96. The van der Waals surface area contributed by atoms with Crippen molar-refractivity contribution in [2.75, 3.05) is 11.9 Å². The van der Waals surface area contributed by atoms with Gasteiger partial charge in [-0.25, -0.2) is 9.97 Å². The van der Waals surface area contributed by atoms with Crippen LogP contribution in [0.2, 0.25) is 5.28 Å². The van der Waals surface area contributed by atoms with Crippen molar-refractivity contribution in [1.82, 2.24) is 9.97 Å². The molecule has 0 fully saturated rings. The number of anilines is 1. The van der Waals surface area contributed by atoms with E-state index in [-0.39, 0.29) is 11.2 Å². The predicted octanol–water partition coefficient (Wildman–Crippen LogP) is 3.61. The van der Waals surface area contributed by atoms with E-state index in [2.05, 4.69) is 15.3 Å². The lowest BCUT2D eigenvalue weighted by molar-refractivity contribution is -0.141. The summed E-state index contributed by atoms with van der Waals surface area (Å²) in [5.41, 5.74) is -1.12. The van der Waals surface area contributed by atoms with E-state index in [0.29, 0.717) is 6.54 Å². The molecule has 0 saturated heterocycles. The number of aromatic nitrogens is 2. The molecule has 7 heteroatoms. The Kier molecular flexibility index (Phi) is 3.86. The van der Waals surface area contributed by atoms with E-state index in [9.17, 15) is 13.2 Å². The minimum absolute atomic E-state index is 0.0736. The lowest BCUT2D eigenvalue weighted by Crippen LogP contribution is -2.20. The second kappa shape index (κ2) is 4.68. The SMILES string of the molecule is CC(C)(C)CNc1cc(C(F)(F)F)nc(Cl)n1. The van der Waals surface area contributed by atoms with Gasteiger partial charge < -0.3 is 5.32 Å². The molecule has 1 heterocycles. The van der Waals surface area contributed by atoms with Crippen LogP contribution in [0, 0.1) is 5.41 Å². The summed E-state index contributed by atoms with van der Waals surface area (Å²) in [5.74, 6) is 0.0762. The summed E-state index contributed by atoms with van der Waals surface area (Å²) in [6, 6.07) is 0.845. The number of hydrogen-bond donors (Lipinski definition) is 1. The molecule has 1 rings (SSSR count). The highest BCUT2D eigenvalue weighted by Crippen LogP contribution is 2.29. The lowest BCUT2D eigenvalue weighted by atomic mass is 9.97. The highest BCUT2D eigenvalue weighted by molar-refractivity contribution is 6.28. The summed E-state index contributed by atoms with van der Waals surface area (Å²) >= 11 is 5.44. The van der Waals surface area contributed by atoms with Crippen LogP contribution < -0.4 is 5.32 Å².